The Labute approximate surface area is 171 Å². The number of hydrogen-bond acceptors (Lipinski definition) is 7. The molecular formula is C21H29N5O3. The standard InChI is InChI=1S/C21H29N5O3/c1-14-13-17(29-6)7-8-18(14)19-15(2)24-26-20(19)22-16(3)23-21(26)25(9-11-27-4)10-12-28-5/h7-8,13H,9-12H2,1-6H3. The van der Waals surface area contributed by atoms with Crippen LogP contribution in [0.25, 0.3) is 16.8 Å². The largest absolute Gasteiger partial charge is 0.497 e. The lowest BCUT2D eigenvalue weighted by molar-refractivity contribution is 0.189. The Hall–Kier alpha value is -2.71. The van der Waals surface area contributed by atoms with Crippen molar-refractivity contribution in [2.75, 3.05) is 52.5 Å². The second kappa shape index (κ2) is 9.19. The molecule has 3 aromatic rings. The van der Waals surface area contributed by atoms with Gasteiger partial charge in [0.05, 0.1) is 26.0 Å². The van der Waals surface area contributed by atoms with Gasteiger partial charge < -0.3 is 19.1 Å². The second-order valence-corrected chi connectivity index (χ2v) is 6.92. The number of anilines is 1. The molecular weight excluding hydrogens is 370 g/mol. The zero-order chi connectivity index (χ0) is 21.0. The van der Waals surface area contributed by atoms with Crippen molar-refractivity contribution in [2.45, 2.75) is 20.8 Å². The number of aromatic nitrogens is 4. The highest BCUT2D eigenvalue weighted by Gasteiger charge is 2.21. The van der Waals surface area contributed by atoms with Gasteiger partial charge in [-0.2, -0.15) is 14.6 Å². The van der Waals surface area contributed by atoms with Gasteiger partial charge in [-0.15, -0.1) is 0 Å². The fraction of sp³-hybridized carbons (Fsp3) is 0.476. The van der Waals surface area contributed by atoms with E-state index in [1.54, 1.807) is 21.3 Å². The Bertz CT molecular complexity index is 978. The molecule has 0 aliphatic carbocycles. The van der Waals surface area contributed by atoms with Gasteiger partial charge in [0.2, 0.25) is 5.95 Å². The van der Waals surface area contributed by atoms with E-state index in [2.05, 4.69) is 22.9 Å². The zero-order valence-corrected chi connectivity index (χ0v) is 18.0. The molecule has 3 rings (SSSR count). The molecule has 8 nitrogen and oxygen atoms in total. The number of rotatable bonds is 9. The first-order valence-corrected chi connectivity index (χ1v) is 9.62. The fourth-order valence-corrected chi connectivity index (χ4v) is 3.41. The minimum Gasteiger partial charge on any atom is -0.497 e. The molecule has 29 heavy (non-hydrogen) atoms. The molecule has 0 N–H and O–H groups in total. The van der Waals surface area contributed by atoms with E-state index in [9.17, 15) is 0 Å². The van der Waals surface area contributed by atoms with E-state index >= 15 is 0 Å². The molecule has 0 fully saturated rings. The predicted molar refractivity (Wildman–Crippen MR) is 113 cm³/mol. The van der Waals surface area contributed by atoms with E-state index in [1.165, 1.54) is 0 Å². The lowest BCUT2D eigenvalue weighted by Crippen LogP contribution is -2.33. The van der Waals surface area contributed by atoms with E-state index in [4.69, 9.17) is 24.3 Å². The summed E-state index contributed by atoms with van der Waals surface area (Å²) in [5.41, 5.74) is 4.89. The first-order valence-electron chi connectivity index (χ1n) is 9.62. The molecule has 0 atom stereocenters. The second-order valence-electron chi connectivity index (χ2n) is 6.92. The van der Waals surface area contributed by atoms with E-state index in [1.807, 2.05) is 30.5 Å². The molecule has 2 aromatic heterocycles. The third kappa shape index (κ3) is 4.33. The van der Waals surface area contributed by atoms with E-state index in [0.717, 1.165) is 39.7 Å². The van der Waals surface area contributed by atoms with Gasteiger partial charge in [0.25, 0.3) is 0 Å². The molecule has 0 aliphatic rings. The Morgan fingerprint density at radius 1 is 0.966 bits per heavy atom. The third-order valence-corrected chi connectivity index (χ3v) is 4.87. The highest BCUT2D eigenvalue weighted by Crippen LogP contribution is 2.33. The highest BCUT2D eigenvalue weighted by molar-refractivity contribution is 5.82. The monoisotopic (exact) mass is 399 g/mol. The molecule has 0 amide bonds. The molecule has 0 saturated heterocycles. The SMILES string of the molecule is COCCN(CCOC)c1nc(C)nc2c(-c3ccc(OC)cc3C)c(C)nn12. The maximum atomic E-state index is 5.35. The topological polar surface area (TPSA) is 74.0 Å². The Morgan fingerprint density at radius 2 is 1.66 bits per heavy atom. The van der Waals surface area contributed by atoms with Crippen molar-refractivity contribution in [1.82, 2.24) is 19.6 Å². The van der Waals surface area contributed by atoms with Crippen LogP contribution in [0.15, 0.2) is 18.2 Å². The summed E-state index contributed by atoms with van der Waals surface area (Å²) in [6.45, 7) is 8.50. The van der Waals surface area contributed by atoms with Crippen LogP contribution in [-0.4, -0.2) is 67.2 Å². The van der Waals surface area contributed by atoms with Crippen molar-refractivity contribution in [3.05, 3.63) is 35.3 Å². The molecule has 8 heteroatoms. The van der Waals surface area contributed by atoms with Gasteiger partial charge in [0.15, 0.2) is 5.65 Å². The summed E-state index contributed by atoms with van der Waals surface area (Å²) in [6, 6.07) is 6.04. The average Bonchev–Trinajstić information content (AvgIpc) is 3.03. The number of benzene rings is 1. The lowest BCUT2D eigenvalue weighted by Gasteiger charge is -2.23. The van der Waals surface area contributed by atoms with E-state index < -0.39 is 0 Å². The molecule has 156 valence electrons. The minimum absolute atomic E-state index is 0.582. The summed E-state index contributed by atoms with van der Waals surface area (Å²) in [6.07, 6.45) is 0. The van der Waals surface area contributed by atoms with Crippen molar-refractivity contribution < 1.29 is 14.2 Å². The van der Waals surface area contributed by atoms with Crippen LogP contribution in [0.2, 0.25) is 0 Å². The van der Waals surface area contributed by atoms with Crippen molar-refractivity contribution in [3.8, 4) is 16.9 Å². The average molecular weight is 399 g/mol. The minimum atomic E-state index is 0.582. The van der Waals surface area contributed by atoms with Crippen LogP contribution in [0.5, 0.6) is 5.75 Å². The Morgan fingerprint density at radius 3 is 2.24 bits per heavy atom. The van der Waals surface area contributed by atoms with Crippen LogP contribution in [0.4, 0.5) is 5.95 Å². The number of methoxy groups -OCH3 is 3. The van der Waals surface area contributed by atoms with E-state index in [-0.39, 0.29) is 0 Å². The fourth-order valence-electron chi connectivity index (χ4n) is 3.41. The van der Waals surface area contributed by atoms with E-state index in [0.29, 0.717) is 32.1 Å². The molecule has 2 heterocycles. The normalized spacial score (nSPS) is 11.2. The quantitative estimate of drug-likeness (QED) is 0.548. The molecule has 0 spiro atoms. The van der Waals surface area contributed by atoms with Gasteiger partial charge in [0.1, 0.15) is 11.6 Å². The molecule has 0 aliphatic heterocycles. The van der Waals surface area contributed by atoms with Crippen LogP contribution in [0.3, 0.4) is 0 Å². The third-order valence-electron chi connectivity index (χ3n) is 4.87. The first kappa shape index (κ1) is 21.0. The Balaban J connectivity index is 2.17. The van der Waals surface area contributed by atoms with Crippen LogP contribution >= 0.6 is 0 Å². The number of ether oxygens (including phenoxy) is 3. The molecule has 1 aromatic carbocycles. The van der Waals surface area contributed by atoms with Crippen molar-refractivity contribution in [1.29, 1.82) is 0 Å². The van der Waals surface area contributed by atoms with Crippen molar-refractivity contribution >= 4 is 11.6 Å². The van der Waals surface area contributed by atoms with Crippen LogP contribution in [0, 0.1) is 20.8 Å². The lowest BCUT2D eigenvalue weighted by atomic mass is 10.0. The number of hydrogen-bond donors (Lipinski definition) is 0. The number of nitrogens with zero attached hydrogens (tertiary/aromatic N) is 5. The summed E-state index contributed by atoms with van der Waals surface area (Å²) >= 11 is 0. The van der Waals surface area contributed by atoms with Gasteiger partial charge in [-0.05, 0) is 44.0 Å². The molecule has 0 unspecified atom stereocenters. The van der Waals surface area contributed by atoms with Gasteiger partial charge in [0, 0.05) is 32.9 Å². The summed E-state index contributed by atoms with van der Waals surface area (Å²) in [4.78, 5) is 11.5. The summed E-state index contributed by atoms with van der Waals surface area (Å²) in [5, 5.41) is 4.79. The number of fused-ring (bicyclic) bond motifs is 1. The Kier molecular flexibility index (Phi) is 6.66. The smallest absolute Gasteiger partial charge is 0.230 e. The zero-order valence-electron chi connectivity index (χ0n) is 18.0. The molecule has 0 bridgehead atoms. The van der Waals surface area contributed by atoms with Crippen molar-refractivity contribution in [2.24, 2.45) is 0 Å². The van der Waals surface area contributed by atoms with Gasteiger partial charge >= 0.3 is 0 Å². The summed E-state index contributed by atoms with van der Waals surface area (Å²) in [5.74, 6) is 2.26. The molecule has 0 radical (unpaired) electrons. The van der Waals surface area contributed by atoms with Gasteiger partial charge in [-0.25, -0.2) is 4.98 Å². The highest BCUT2D eigenvalue weighted by atomic mass is 16.5. The van der Waals surface area contributed by atoms with Crippen LogP contribution in [-0.2, 0) is 9.47 Å². The van der Waals surface area contributed by atoms with Crippen LogP contribution in [0.1, 0.15) is 17.1 Å². The van der Waals surface area contributed by atoms with Crippen molar-refractivity contribution in [3.63, 3.8) is 0 Å². The van der Waals surface area contributed by atoms with Gasteiger partial charge in [-0.1, -0.05) is 6.07 Å². The predicted octanol–water partition coefficient (Wildman–Crippen LogP) is 2.82. The maximum absolute atomic E-state index is 5.35. The summed E-state index contributed by atoms with van der Waals surface area (Å²) < 4.78 is 17.7. The number of aryl methyl sites for hydroxylation is 3. The van der Waals surface area contributed by atoms with Crippen LogP contribution < -0.4 is 9.64 Å². The van der Waals surface area contributed by atoms with Gasteiger partial charge in [-0.3, -0.25) is 0 Å². The first-order chi connectivity index (χ1) is 14.0. The molecule has 0 saturated carbocycles. The summed E-state index contributed by atoms with van der Waals surface area (Å²) in [7, 11) is 5.06. The maximum Gasteiger partial charge on any atom is 0.230 e.